The van der Waals surface area contributed by atoms with Crippen molar-refractivity contribution < 1.29 is 22.7 Å². The van der Waals surface area contributed by atoms with Crippen LogP contribution in [0.1, 0.15) is 53.6 Å². The first kappa shape index (κ1) is 30.1. The van der Waals surface area contributed by atoms with Crippen molar-refractivity contribution in [2.45, 2.75) is 44.7 Å². The van der Waals surface area contributed by atoms with Gasteiger partial charge in [0.1, 0.15) is 5.75 Å². The Bertz CT molecular complexity index is 1470. The van der Waals surface area contributed by atoms with Crippen LogP contribution in [0.25, 0.3) is 0 Å². The molecular weight excluding hydrogens is 564 g/mol. The van der Waals surface area contributed by atoms with E-state index in [4.69, 9.17) is 16.3 Å². The number of anilines is 1. The second kappa shape index (κ2) is 14.1. The van der Waals surface area contributed by atoms with Crippen LogP contribution < -0.4 is 19.8 Å². The van der Waals surface area contributed by atoms with Crippen molar-refractivity contribution in [3.8, 4) is 5.75 Å². The minimum Gasteiger partial charge on any atom is -0.484 e. The molecule has 3 aromatic carbocycles. The molecule has 0 unspecified atom stereocenters. The molecular formula is C30H33ClN4O5S. The molecule has 0 radical (unpaired) electrons. The monoisotopic (exact) mass is 596 g/mol. The SMILES string of the molecule is CS(=O)(=O)N(Cc1ccccc1Cl)c1ccc(C(=O)N/N=C\c2ccc(OCC(=O)NC3CCCCC3)cc2)cc1. The molecule has 216 valence electrons. The van der Waals surface area contributed by atoms with Gasteiger partial charge in [0.05, 0.1) is 24.7 Å². The lowest BCUT2D eigenvalue weighted by atomic mass is 9.95. The number of halogens is 1. The minimum absolute atomic E-state index is 0.0409. The minimum atomic E-state index is -3.61. The molecule has 2 N–H and O–H groups in total. The average Bonchev–Trinajstić information content (AvgIpc) is 2.96. The number of rotatable bonds is 11. The van der Waals surface area contributed by atoms with Crippen LogP contribution >= 0.6 is 11.6 Å². The van der Waals surface area contributed by atoms with E-state index in [-0.39, 0.29) is 25.1 Å². The van der Waals surface area contributed by atoms with Crippen LogP contribution in [0.4, 0.5) is 5.69 Å². The summed E-state index contributed by atoms with van der Waals surface area (Å²) in [6, 6.07) is 20.4. The van der Waals surface area contributed by atoms with Crippen molar-refractivity contribution in [3.05, 3.63) is 94.5 Å². The Morgan fingerprint density at radius 1 is 1.00 bits per heavy atom. The number of hydrogen-bond acceptors (Lipinski definition) is 6. The van der Waals surface area contributed by atoms with E-state index in [1.54, 1.807) is 60.7 Å². The number of benzene rings is 3. The predicted molar refractivity (Wildman–Crippen MR) is 161 cm³/mol. The lowest BCUT2D eigenvalue weighted by Crippen LogP contribution is -2.38. The molecule has 1 saturated carbocycles. The first-order valence-corrected chi connectivity index (χ1v) is 15.6. The highest BCUT2D eigenvalue weighted by Crippen LogP contribution is 2.24. The number of carbonyl (C=O) groups excluding carboxylic acids is 2. The molecule has 0 saturated heterocycles. The number of nitrogens with zero attached hydrogens (tertiary/aromatic N) is 2. The summed E-state index contributed by atoms with van der Waals surface area (Å²) in [6.45, 7) is 0.0204. The van der Waals surface area contributed by atoms with E-state index in [2.05, 4.69) is 15.8 Å². The molecule has 9 nitrogen and oxygen atoms in total. The van der Waals surface area contributed by atoms with Gasteiger partial charge in [-0.1, -0.05) is 49.1 Å². The van der Waals surface area contributed by atoms with E-state index in [0.29, 0.717) is 27.6 Å². The lowest BCUT2D eigenvalue weighted by molar-refractivity contribution is -0.124. The number of hydrazone groups is 1. The van der Waals surface area contributed by atoms with Crippen LogP contribution in [-0.2, 0) is 21.4 Å². The van der Waals surface area contributed by atoms with Crippen LogP contribution in [0.2, 0.25) is 5.02 Å². The van der Waals surface area contributed by atoms with E-state index in [0.717, 1.165) is 37.5 Å². The Hall–Kier alpha value is -3.89. The Morgan fingerprint density at radius 2 is 1.68 bits per heavy atom. The molecule has 0 aliphatic heterocycles. The van der Waals surface area contributed by atoms with E-state index in [1.165, 1.54) is 29.1 Å². The maximum atomic E-state index is 12.6. The standard InChI is InChI=1S/C30H33ClN4O5S/c1-41(38,39)35(20-24-7-5-6-10-28(24)31)26-15-13-23(14-16-26)30(37)34-32-19-22-11-17-27(18-12-22)40-21-29(36)33-25-8-3-2-4-9-25/h5-7,10-19,25H,2-4,8-9,20-21H2,1H3,(H,33,36)(H,34,37)/b32-19-. The predicted octanol–water partition coefficient (Wildman–Crippen LogP) is 4.90. The summed E-state index contributed by atoms with van der Waals surface area (Å²) in [5.74, 6) is -0.0145. The van der Waals surface area contributed by atoms with E-state index in [1.807, 2.05) is 0 Å². The quantitative estimate of drug-likeness (QED) is 0.241. The molecule has 41 heavy (non-hydrogen) atoms. The zero-order valence-electron chi connectivity index (χ0n) is 22.8. The lowest BCUT2D eigenvalue weighted by Gasteiger charge is -2.23. The van der Waals surface area contributed by atoms with Gasteiger partial charge < -0.3 is 10.1 Å². The first-order chi connectivity index (χ1) is 19.7. The van der Waals surface area contributed by atoms with Crippen molar-refractivity contribution in [1.82, 2.24) is 10.7 Å². The van der Waals surface area contributed by atoms with Crippen LogP contribution in [0.3, 0.4) is 0 Å². The largest absolute Gasteiger partial charge is 0.484 e. The summed E-state index contributed by atoms with van der Waals surface area (Å²) in [5.41, 5.74) is 4.57. The van der Waals surface area contributed by atoms with Gasteiger partial charge in [0.2, 0.25) is 10.0 Å². The molecule has 1 aliphatic carbocycles. The maximum Gasteiger partial charge on any atom is 0.271 e. The van der Waals surface area contributed by atoms with E-state index < -0.39 is 15.9 Å². The second-order valence-electron chi connectivity index (χ2n) is 9.87. The topological polar surface area (TPSA) is 117 Å². The average molecular weight is 597 g/mol. The van der Waals surface area contributed by atoms with Crippen LogP contribution in [0.5, 0.6) is 5.75 Å². The van der Waals surface area contributed by atoms with Gasteiger partial charge in [-0.2, -0.15) is 5.10 Å². The molecule has 0 bridgehead atoms. The van der Waals surface area contributed by atoms with E-state index in [9.17, 15) is 18.0 Å². The third-order valence-corrected chi connectivity index (χ3v) is 8.20. The third kappa shape index (κ3) is 9.06. The van der Waals surface area contributed by atoms with Gasteiger partial charge >= 0.3 is 0 Å². The molecule has 2 amide bonds. The number of hydrogen-bond donors (Lipinski definition) is 2. The van der Waals surface area contributed by atoms with Crippen molar-refractivity contribution in [3.63, 3.8) is 0 Å². The Kier molecular flexibility index (Phi) is 10.4. The molecule has 0 aromatic heterocycles. The first-order valence-electron chi connectivity index (χ1n) is 13.4. The highest BCUT2D eigenvalue weighted by atomic mass is 35.5. The van der Waals surface area contributed by atoms with Crippen LogP contribution in [0.15, 0.2) is 77.9 Å². The summed E-state index contributed by atoms with van der Waals surface area (Å²) in [7, 11) is -3.61. The third-order valence-electron chi connectivity index (χ3n) is 6.69. The fourth-order valence-corrected chi connectivity index (χ4v) is 5.58. The van der Waals surface area contributed by atoms with Gasteiger partial charge in [-0.15, -0.1) is 0 Å². The zero-order chi connectivity index (χ0) is 29.2. The van der Waals surface area contributed by atoms with Crippen LogP contribution in [0, 0.1) is 0 Å². The normalized spacial score (nSPS) is 14.0. The number of ether oxygens (including phenoxy) is 1. The number of sulfonamides is 1. The molecule has 0 atom stereocenters. The molecule has 11 heteroatoms. The molecule has 0 heterocycles. The Balaban J connectivity index is 1.28. The summed E-state index contributed by atoms with van der Waals surface area (Å²) < 4.78 is 31.7. The van der Waals surface area contributed by atoms with Crippen LogP contribution in [-0.4, -0.2) is 45.4 Å². The molecule has 3 aromatic rings. The Morgan fingerprint density at radius 3 is 2.34 bits per heavy atom. The van der Waals surface area contributed by atoms with Gasteiger partial charge in [0.15, 0.2) is 6.61 Å². The molecule has 4 rings (SSSR count). The molecule has 0 spiro atoms. The smallest absolute Gasteiger partial charge is 0.271 e. The highest BCUT2D eigenvalue weighted by molar-refractivity contribution is 7.92. The fraction of sp³-hybridized carbons (Fsp3) is 0.300. The highest BCUT2D eigenvalue weighted by Gasteiger charge is 2.20. The van der Waals surface area contributed by atoms with Crippen molar-refractivity contribution in [2.24, 2.45) is 5.10 Å². The Labute approximate surface area is 245 Å². The van der Waals surface area contributed by atoms with Crippen molar-refractivity contribution in [1.29, 1.82) is 0 Å². The van der Waals surface area contributed by atoms with Gasteiger partial charge in [-0.3, -0.25) is 13.9 Å². The van der Waals surface area contributed by atoms with Crippen molar-refractivity contribution in [2.75, 3.05) is 17.2 Å². The zero-order valence-corrected chi connectivity index (χ0v) is 24.3. The van der Waals surface area contributed by atoms with Gasteiger partial charge in [0.25, 0.3) is 11.8 Å². The molecule has 1 aliphatic rings. The van der Waals surface area contributed by atoms with Crippen molar-refractivity contribution >= 4 is 45.3 Å². The maximum absolute atomic E-state index is 12.6. The van der Waals surface area contributed by atoms with E-state index >= 15 is 0 Å². The summed E-state index contributed by atoms with van der Waals surface area (Å²) in [4.78, 5) is 24.7. The second-order valence-corrected chi connectivity index (χ2v) is 12.2. The van der Waals surface area contributed by atoms with Gasteiger partial charge in [0, 0.05) is 16.6 Å². The summed E-state index contributed by atoms with van der Waals surface area (Å²) in [5, 5.41) is 7.49. The molecule has 1 fully saturated rings. The fourth-order valence-electron chi connectivity index (χ4n) is 4.51. The number of carbonyl (C=O) groups is 2. The summed E-state index contributed by atoms with van der Waals surface area (Å²) >= 11 is 6.22. The number of amides is 2. The number of nitrogens with one attached hydrogen (secondary N) is 2. The van der Waals surface area contributed by atoms with Gasteiger partial charge in [-0.05, 0) is 78.6 Å². The van der Waals surface area contributed by atoms with Gasteiger partial charge in [-0.25, -0.2) is 13.8 Å². The summed E-state index contributed by atoms with van der Waals surface area (Å²) in [6.07, 6.45) is 8.18.